The van der Waals surface area contributed by atoms with Crippen LogP contribution in [-0.2, 0) is 6.54 Å². The summed E-state index contributed by atoms with van der Waals surface area (Å²) in [5.41, 5.74) is 1.44. The summed E-state index contributed by atoms with van der Waals surface area (Å²) in [5.74, 6) is 0. The number of rotatable bonds is 3. The molecular weight excluding hydrogens is 254 g/mol. The Balaban J connectivity index is 1.65. The van der Waals surface area contributed by atoms with E-state index >= 15 is 0 Å². The van der Waals surface area contributed by atoms with E-state index < -0.39 is 0 Å². The first kappa shape index (κ1) is 12.6. The highest BCUT2D eigenvalue weighted by molar-refractivity contribution is 7.17. The third-order valence-corrected chi connectivity index (χ3v) is 4.73. The van der Waals surface area contributed by atoms with Gasteiger partial charge in [-0.1, -0.05) is 18.2 Å². The molecule has 1 aromatic carbocycles. The van der Waals surface area contributed by atoms with Crippen LogP contribution in [0.15, 0.2) is 29.6 Å². The number of piperazine rings is 1. The number of hydrogen-bond acceptors (Lipinski definition) is 4. The van der Waals surface area contributed by atoms with Crippen LogP contribution < -0.4 is 0 Å². The van der Waals surface area contributed by atoms with Gasteiger partial charge in [0, 0.05) is 37.4 Å². The predicted octanol–water partition coefficient (Wildman–Crippen LogP) is 2.54. The first-order chi connectivity index (χ1) is 9.36. The zero-order valence-electron chi connectivity index (χ0n) is 10.9. The van der Waals surface area contributed by atoms with Crippen molar-refractivity contribution >= 4 is 21.4 Å². The van der Waals surface area contributed by atoms with Gasteiger partial charge in [-0.15, -0.1) is 11.3 Å². The van der Waals surface area contributed by atoms with Crippen molar-refractivity contribution < 1.29 is 0 Å². The highest BCUT2D eigenvalue weighted by Gasteiger charge is 2.17. The number of hydrogen-bond donors (Lipinski definition) is 0. The molecule has 2 aromatic rings. The van der Waals surface area contributed by atoms with Gasteiger partial charge in [0.05, 0.1) is 12.6 Å². The quantitative estimate of drug-likeness (QED) is 0.804. The predicted molar refractivity (Wildman–Crippen MR) is 79.2 cm³/mol. The molecule has 0 atom stereocenters. The molecule has 0 N–H and O–H groups in total. The van der Waals surface area contributed by atoms with Crippen LogP contribution in [0, 0.1) is 11.3 Å². The second-order valence-corrected chi connectivity index (χ2v) is 5.88. The molecule has 1 aliphatic rings. The highest BCUT2D eigenvalue weighted by Crippen LogP contribution is 2.26. The Morgan fingerprint density at radius 3 is 2.63 bits per heavy atom. The van der Waals surface area contributed by atoms with Crippen molar-refractivity contribution in [3.8, 4) is 6.07 Å². The lowest BCUT2D eigenvalue weighted by atomic mass is 10.1. The number of thiophene rings is 1. The number of benzene rings is 1. The van der Waals surface area contributed by atoms with Gasteiger partial charge in [-0.25, -0.2) is 0 Å². The van der Waals surface area contributed by atoms with Gasteiger partial charge >= 0.3 is 0 Å². The molecule has 0 saturated carbocycles. The fraction of sp³-hybridized carbons (Fsp3) is 0.400. The monoisotopic (exact) mass is 271 g/mol. The zero-order chi connectivity index (χ0) is 13.1. The molecule has 4 heteroatoms. The van der Waals surface area contributed by atoms with Crippen LogP contribution in [0.4, 0.5) is 0 Å². The van der Waals surface area contributed by atoms with E-state index in [4.69, 9.17) is 5.26 Å². The highest BCUT2D eigenvalue weighted by atomic mass is 32.1. The van der Waals surface area contributed by atoms with E-state index in [1.165, 1.54) is 15.6 Å². The maximum Gasteiger partial charge on any atom is 0.0866 e. The lowest BCUT2D eigenvalue weighted by Crippen LogP contribution is -2.45. The maximum absolute atomic E-state index is 8.71. The topological polar surface area (TPSA) is 30.3 Å². The molecule has 19 heavy (non-hydrogen) atoms. The minimum atomic E-state index is 0.565. The SMILES string of the molecule is N#CCN1CCN(Cc2csc3ccccc23)CC1. The molecule has 1 aromatic heterocycles. The molecule has 3 rings (SSSR count). The van der Waals surface area contributed by atoms with Crippen LogP contribution in [0.2, 0.25) is 0 Å². The molecule has 0 spiro atoms. The lowest BCUT2D eigenvalue weighted by molar-refractivity contribution is 0.138. The summed E-state index contributed by atoms with van der Waals surface area (Å²) < 4.78 is 1.38. The Morgan fingerprint density at radius 1 is 1.11 bits per heavy atom. The van der Waals surface area contributed by atoms with Gasteiger partial charge in [0.25, 0.3) is 0 Å². The van der Waals surface area contributed by atoms with Gasteiger partial charge in [-0.05, 0) is 22.4 Å². The summed E-state index contributed by atoms with van der Waals surface area (Å²) in [6, 6.07) is 10.9. The average Bonchev–Trinajstić information content (AvgIpc) is 2.85. The van der Waals surface area contributed by atoms with Crippen molar-refractivity contribution in [2.45, 2.75) is 6.54 Å². The van der Waals surface area contributed by atoms with E-state index in [0.29, 0.717) is 6.54 Å². The molecule has 0 aliphatic carbocycles. The normalized spacial score (nSPS) is 17.6. The van der Waals surface area contributed by atoms with E-state index in [1.807, 2.05) is 11.3 Å². The molecule has 0 bridgehead atoms. The van der Waals surface area contributed by atoms with Crippen molar-refractivity contribution in [3.05, 3.63) is 35.2 Å². The second-order valence-electron chi connectivity index (χ2n) is 4.97. The fourth-order valence-electron chi connectivity index (χ4n) is 2.60. The Morgan fingerprint density at radius 2 is 1.84 bits per heavy atom. The molecule has 3 nitrogen and oxygen atoms in total. The van der Waals surface area contributed by atoms with E-state index in [1.54, 1.807) is 0 Å². The molecule has 0 amide bonds. The molecular formula is C15H17N3S. The molecule has 1 aliphatic heterocycles. The number of fused-ring (bicyclic) bond motifs is 1. The van der Waals surface area contributed by atoms with Gasteiger partial charge in [-0.2, -0.15) is 5.26 Å². The van der Waals surface area contributed by atoms with E-state index in [9.17, 15) is 0 Å². The van der Waals surface area contributed by atoms with Crippen molar-refractivity contribution in [1.82, 2.24) is 9.80 Å². The molecule has 0 unspecified atom stereocenters. The minimum absolute atomic E-state index is 0.565. The molecule has 1 fully saturated rings. The van der Waals surface area contributed by atoms with Crippen molar-refractivity contribution in [3.63, 3.8) is 0 Å². The summed E-state index contributed by atoms with van der Waals surface area (Å²) in [4.78, 5) is 4.71. The van der Waals surface area contributed by atoms with Crippen LogP contribution >= 0.6 is 11.3 Å². The summed E-state index contributed by atoms with van der Waals surface area (Å²) in [6.45, 7) is 5.74. The molecule has 2 heterocycles. The summed E-state index contributed by atoms with van der Waals surface area (Å²) >= 11 is 1.83. The number of nitriles is 1. The summed E-state index contributed by atoms with van der Waals surface area (Å²) in [6.07, 6.45) is 0. The third-order valence-electron chi connectivity index (χ3n) is 3.71. The van der Waals surface area contributed by atoms with E-state index in [0.717, 1.165) is 32.7 Å². The first-order valence-corrected chi connectivity index (χ1v) is 7.51. The Bertz CT molecular complexity index is 591. The van der Waals surface area contributed by atoms with Gasteiger partial charge < -0.3 is 0 Å². The Kier molecular flexibility index (Phi) is 3.79. The number of nitrogens with zero attached hydrogens (tertiary/aromatic N) is 3. The van der Waals surface area contributed by atoms with Crippen LogP contribution in [0.1, 0.15) is 5.56 Å². The smallest absolute Gasteiger partial charge is 0.0866 e. The van der Waals surface area contributed by atoms with Crippen molar-refractivity contribution in [1.29, 1.82) is 5.26 Å². The Hall–Kier alpha value is -1.41. The average molecular weight is 271 g/mol. The van der Waals surface area contributed by atoms with E-state index in [-0.39, 0.29) is 0 Å². The van der Waals surface area contributed by atoms with Crippen LogP contribution in [0.5, 0.6) is 0 Å². The maximum atomic E-state index is 8.71. The zero-order valence-corrected chi connectivity index (χ0v) is 11.7. The standard InChI is InChI=1S/C15H17N3S/c16-5-6-17-7-9-18(10-8-17)11-13-12-19-15-4-2-1-3-14(13)15/h1-4,12H,6-11H2. The molecule has 1 saturated heterocycles. The molecule has 98 valence electrons. The molecule has 0 radical (unpaired) electrons. The van der Waals surface area contributed by atoms with Crippen LogP contribution in [0.3, 0.4) is 0 Å². The van der Waals surface area contributed by atoms with Crippen LogP contribution in [-0.4, -0.2) is 42.5 Å². The first-order valence-electron chi connectivity index (χ1n) is 6.63. The van der Waals surface area contributed by atoms with Gasteiger partial charge in [0.1, 0.15) is 0 Å². The lowest BCUT2D eigenvalue weighted by Gasteiger charge is -2.33. The summed E-state index contributed by atoms with van der Waals surface area (Å²) in [5, 5.41) is 12.4. The van der Waals surface area contributed by atoms with Crippen LogP contribution in [0.25, 0.3) is 10.1 Å². The largest absolute Gasteiger partial charge is 0.296 e. The second kappa shape index (κ2) is 5.70. The third kappa shape index (κ3) is 2.79. The summed E-state index contributed by atoms with van der Waals surface area (Å²) in [7, 11) is 0. The minimum Gasteiger partial charge on any atom is -0.296 e. The van der Waals surface area contributed by atoms with Crippen molar-refractivity contribution in [2.75, 3.05) is 32.7 Å². The van der Waals surface area contributed by atoms with Gasteiger partial charge in [0.2, 0.25) is 0 Å². The Labute approximate surface area is 117 Å². The van der Waals surface area contributed by atoms with E-state index in [2.05, 4.69) is 45.5 Å². The van der Waals surface area contributed by atoms with Gasteiger partial charge in [-0.3, -0.25) is 9.80 Å². The van der Waals surface area contributed by atoms with Gasteiger partial charge in [0.15, 0.2) is 0 Å². The van der Waals surface area contributed by atoms with Crippen molar-refractivity contribution in [2.24, 2.45) is 0 Å². The fourth-order valence-corrected chi connectivity index (χ4v) is 3.56.